The number of nitrogens with zero attached hydrogens (tertiary/aromatic N) is 4. The molecule has 0 aliphatic carbocycles. The molecule has 1 aliphatic rings. The average molecular weight is 384 g/mol. The van der Waals surface area contributed by atoms with Gasteiger partial charge in [-0.25, -0.2) is 14.2 Å². The van der Waals surface area contributed by atoms with Crippen molar-refractivity contribution in [3.05, 3.63) is 47.3 Å². The van der Waals surface area contributed by atoms with E-state index in [0.717, 1.165) is 0 Å². The second-order valence-electron chi connectivity index (χ2n) is 7.76. The highest BCUT2D eigenvalue weighted by Gasteiger charge is 2.36. The number of amidine groups is 1. The van der Waals surface area contributed by atoms with Crippen LogP contribution in [0.4, 0.5) is 14.9 Å². The first-order valence-corrected chi connectivity index (χ1v) is 8.64. The lowest BCUT2D eigenvalue weighted by Gasteiger charge is -2.32. The molecule has 1 amide bonds. The number of anilines is 1. The Labute approximate surface area is 161 Å². The Morgan fingerprint density at radius 1 is 1.46 bits per heavy atom. The Bertz CT molecular complexity index is 1010. The standard InChI is InChI=1S/C19H21FN6O2/c1-18(2,3)28-17(27)24-11-5-6-14(20)13(7-11)19(4)10-26-12(8-21)9-23-16(26)15(22)25-19/h5-7,9H,10H2,1-4H3,(H2,22,25)(H,24,27)/t19-/m0/s1. The highest BCUT2D eigenvalue weighted by molar-refractivity contribution is 5.95. The van der Waals surface area contributed by atoms with Crippen LogP contribution in [0.1, 0.15) is 44.8 Å². The Kier molecular flexibility index (Phi) is 4.59. The fraction of sp³-hybridized carbons (Fsp3) is 0.368. The molecule has 0 radical (unpaired) electrons. The molecule has 2 heterocycles. The van der Waals surface area contributed by atoms with Crippen LogP contribution < -0.4 is 11.1 Å². The molecule has 0 fully saturated rings. The van der Waals surface area contributed by atoms with Crippen molar-refractivity contribution in [2.24, 2.45) is 10.7 Å². The van der Waals surface area contributed by atoms with Crippen molar-refractivity contribution in [2.45, 2.75) is 45.4 Å². The van der Waals surface area contributed by atoms with E-state index in [0.29, 0.717) is 17.2 Å². The number of aliphatic imine (C=N–C) groups is 1. The van der Waals surface area contributed by atoms with Crippen LogP contribution in [0.5, 0.6) is 0 Å². The predicted molar refractivity (Wildman–Crippen MR) is 101 cm³/mol. The number of amides is 1. The number of nitriles is 1. The number of imidazole rings is 1. The summed E-state index contributed by atoms with van der Waals surface area (Å²) in [6.07, 6.45) is 0.755. The number of hydrogen-bond donors (Lipinski definition) is 2. The molecule has 28 heavy (non-hydrogen) atoms. The number of benzene rings is 1. The Hall–Kier alpha value is -3.41. The molecule has 3 N–H and O–H groups in total. The van der Waals surface area contributed by atoms with Crippen LogP contribution in [-0.4, -0.2) is 27.1 Å². The summed E-state index contributed by atoms with van der Waals surface area (Å²) in [6, 6.07) is 6.21. The van der Waals surface area contributed by atoms with Crippen LogP contribution in [0.15, 0.2) is 29.4 Å². The van der Waals surface area contributed by atoms with Crippen molar-refractivity contribution in [3.8, 4) is 6.07 Å². The predicted octanol–water partition coefficient (Wildman–Crippen LogP) is 2.88. The first-order valence-electron chi connectivity index (χ1n) is 8.64. The second kappa shape index (κ2) is 6.64. The highest BCUT2D eigenvalue weighted by Crippen LogP contribution is 2.35. The normalized spacial score (nSPS) is 18.6. The average Bonchev–Trinajstić information content (AvgIpc) is 2.97. The van der Waals surface area contributed by atoms with Gasteiger partial charge < -0.3 is 15.0 Å². The molecule has 146 valence electrons. The summed E-state index contributed by atoms with van der Waals surface area (Å²) >= 11 is 0. The van der Waals surface area contributed by atoms with Gasteiger partial charge in [0.25, 0.3) is 0 Å². The van der Waals surface area contributed by atoms with Crippen molar-refractivity contribution in [3.63, 3.8) is 0 Å². The lowest BCUT2D eigenvalue weighted by molar-refractivity contribution is 0.0636. The Morgan fingerprint density at radius 3 is 2.82 bits per heavy atom. The van der Waals surface area contributed by atoms with Gasteiger partial charge in [0.1, 0.15) is 28.7 Å². The lowest BCUT2D eigenvalue weighted by Crippen LogP contribution is -2.38. The molecule has 0 bridgehead atoms. The Balaban J connectivity index is 1.96. The van der Waals surface area contributed by atoms with Crippen LogP contribution >= 0.6 is 0 Å². The van der Waals surface area contributed by atoms with E-state index in [2.05, 4.69) is 15.3 Å². The van der Waals surface area contributed by atoms with E-state index in [1.165, 1.54) is 24.4 Å². The zero-order valence-electron chi connectivity index (χ0n) is 16.1. The number of rotatable bonds is 2. The van der Waals surface area contributed by atoms with E-state index in [-0.39, 0.29) is 17.9 Å². The van der Waals surface area contributed by atoms with E-state index in [1.54, 1.807) is 32.3 Å². The molecule has 3 rings (SSSR count). The van der Waals surface area contributed by atoms with Crippen LogP contribution in [0, 0.1) is 17.1 Å². The second-order valence-corrected chi connectivity index (χ2v) is 7.76. The summed E-state index contributed by atoms with van der Waals surface area (Å²) in [4.78, 5) is 20.6. The number of hydrogen-bond acceptors (Lipinski definition) is 6. The quantitative estimate of drug-likeness (QED) is 0.825. The summed E-state index contributed by atoms with van der Waals surface area (Å²) in [5, 5.41) is 11.9. The van der Waals surface area contributed by atoms with E-state index in [4.69, 9.17) is 10.5 Å². The number of nitrogens with one attached hydrogen (secondary N) is 1. The molecular weight excluding hydrogens is 363 g/mol. The molecule has 0 saturated heterocycles. The van der Waals surface area contributed by atoms with Gasteiger partial charge in [-0.15, -0.1) is 0 Å². The van der Waals surface area contributed by atoms with Gasteiger partial charge >= 0.3 is 6.09 Å². The molecular formula is C19H21FN6O2. The van der Waals surface area contributed by atoms with Crippen molar-refractivity contribution >= 4 is 17.6 Å². The molecule has 9 heteroatoms. The van der Waals surface area contributed by atoms with E-state index in [1.807, 2.05) is 6.07 Å². The molecule has 0 spiro atoms. The topological polar surface area (TPSA) is 118 Å². The fourth-order valence-corrected chi connectivity index (χ4v) is 3.07. The van der Waals surface area contributed by atoms with Gasteiger partial charge in [-0.3, -0.25) is 10.3 Å². The molecule has 2 aromatic rings. The molecule has 1 aromatic heterocycles. The first kappa shape index (κ1) is 19.4. The largest absolute Gasteiger partial charge is 0.444 e. The van der Waals surface area contributed by atoms with Gasteiger partial charge in [-0.2, -0.15) is 5.26 Å². The number of carbonyl (C=O) groups is 1. The van der Waals surface area contributed by atoms with Gasteiger partial charge in [-0.05, 0) is 45.9 Å². The number of carbonyl (C=O) groups excluding carboxylic acids is 1. The number of fused-ring (bicyclic) bond motifs is 1. The third-order valence-corrected chi connectivity index (χ3v) is 4.22. The molecule has 0 unspecified atom stereocenters. The van der Waals surface area contributed by atoms with Crippen LogP contribution in [0.2, 0.25) is 0 Å². The fourth-order valence-electron chi connectivity index (χ4n) is 3.07. The third-order valence-electron chi connectivity index (χ3n) is 4.22. The minimum absolute atomic E-state index is 0.111. The summed E-state index contributed by atoms with van der Waals surface area (Å²) in [6.45, 7) is 7.13. The van der Waals surface area contributed by atoms with Crippen molar-refractivity contribution < 1.29 is 13.9 Å². The van der Waals surface area contributed by atoms with Crippen molar-refractivity contribution in [1.82, 2.24) is 9.55 Å². The summed E-state index contributed by atoms with van der Waals surface area (Å²) in [7, 11) is 0. The number of ether oxygens (including phenoxy) is 1. The minimum atomic E-state index is -1.08. The first-order chi connectivity index (χ1) is 13.0. The van der Waals surface area contributed by atoms with Gasteiger partial charge in [0.15, 0.2) is 11.7 Å². The minimum Gasteiger partial charge on any atom is -0.444 e. The van der Waals surface area contributed by atoms with Gasteiger partial charge in [-0.1, -0.05) is 0 Å². The zero-order valence-corrected chi connectivity index (χ0v) is 16.1. The zero-order chi connectivity index (χ0) is 20.7. The third kappa shape index (κ3) is 3.67. The number of aromatic nitrogens is 2. The maximum absolute atomic E-state index is 14.7. The van der Waals surface area contributed by atoms with Crippen LogP contribution in [0.25, 0.3) is 0 Å². The molecule has 1 aliphatic heterocycles. The Morgan fingerprint density at radius 2 is 2.18 bits per heavy atom. The van der Waals surface area contributed by atoms with Gasteiger partial charge in [0.2, 0.25) is 0 Å². The summed E-state index contributed by atoms with van der Waals surface area (Å²) < 4.78 is 21.5. The van der Waals surface area contributed by atoms with Crippen LogP contribution in [0.3, 0.4) is 0 Å². The van der Waals surface area contributed by atoms with Crippen molar-refractivity contribution in [1.29, 1.82) is 5.26 Å². The monoisotopic (exact) mass is 384 g/mol. The van der Waals surface area contributed by atoms with Crippen LogP contribution in [-0.2, 0) is 16.8 Å². The van der Waals surface area contributed by atoms with Crippen molar-refractivity contribution in [2.75, 3.05) is 5.32 Å². The smallest absolute Gasteiger partial charge is 0.412 e. The molecule has 8 nitrogen and oxygen atoms in total. The molecule has 0 saturated carbocycles. The number of nitrogens with two attached hydrogens (primary N) is 1. The lowest BCUT2D eigenvalue weighted by atomic mass is 9.90. The molecule has 1 aromatic carbocycles. The molecule has 1 atom stereocenters. The van der Waals surface area contributed by atoms with Gasteiger partial charge in [0, 0.05) is 11.3 Å². The maximum Gasteiger partial charge on any atom is 0.412 e. The van der Waals surface area contributed by atoms with E-state index in [9.17, 15) is 14.4 Å². The summed E-state index contributed by atoms with van der Waals surface area (Å²) in [5.41, 5.74) is 5.16. The number of halogens is 1. The highest BCUT2D eigenvalue weighted by atomic mass is 19.1. The summed E-state index contributed by atoms with van der Waals surface area (Å²) in [5.74, 6) is -0.0199. The van der Waals surface area contributed by atoms with Gasteiger partial charge in [0.05, 0.1) is 12.7 Å². The SMILES string of the molecule is CC(C)(C)OC(=O)Nc1ccc(F)c([C@]2(C)Cn3c(C#N)cnc3C(N)=N2)c1. The maximum atomic E-state index is 14.7. The van der Waals surface area contributed by atoms with E-state index < -0.39 is 23.1 Å². The van der Waals surface area contributed by atoms with E-state index >= 15 is 0 Å².